The van der Waals surface area contributed by atoms with E-state index in [1.54, 1.807) is 6.92 Å². The van der Waals surface area contributed by atoms with Crippen molar-refractivity contribution in [3.8, 4) is 0 Å². The Morgan fingerprint density at radius 1 is 0.727 bits per heavy atom. The molecule has 0 radical (unpaired) electrons. The first kappa shape index (κ1) is 31.9. The van der Waals surface area contributed by atoms with E-state index in [9.17, 15) is 9.59 Å². The normalized spacial score (nSPS) is 13.2. The monoisotopic (exact) mass is 469 g/mol. The van der Waals surface area contributed by atoms with Gasteiger partial charge >= 0.3 is 11.9 Å². The zero-order chi connectivity index (χ0) is 24.7. The molecule has 0 rings (SSSR count). The number of ether oxygens (including phenoxy) is 2. The zero-order valence-electron chi connectivity index (χ0n) is 22.7. The molecule has 0 aromatic heterocycles. The fourth-order valence-corrected chi connectivity index (χ4v) is 4.05. The Morgan fingerprint density at radius 3 is 1.82 bits per heavy atom. The smallest absolute Gasteiger partial charge is 0.309 e. The highest BCUT2D eigenvalue weighted by Gasteiger charge is 2.21. The summed E-state index contributed by atoms with van der Waals surface area (Å²) in [7, 11) is 4.06. The molecule has 0 spiro atoms. The number of hydrogen-bond donors (Lipinski definition) is 0. The highest BCUT2D eigenvalue weighted by atomic mass is 16.6. The van der Waals surface area contributed by atoms with Crippen molar-refractivity contribution in [2.24, 2.45) is 5.92 Å². The van der Waals surface area contributed by atoms with Gasteiger partial charge in [0.2, 0.25) is 0 Å². The van der Waals surface area contributed by atoms with Gasteiger partial charge in [0, 0.05) is 6.42 Å². The van der Waals surface area contributed by atoms with Gasteiger partial charge in [0.05, 0.1) is 5.92 Å². The van der Waals surface area contributed by atoms with Crippen LogP contribution in [0.4, 0.5) is 0 Å². The quantitative estimate of drug-likeness (QED) is 0.116. The molecule has 0 aromatic carbocycles. The van der Waals surface area contributed by atoms with Crippen LogP contribution in [0.2, 0.25) is 0 Å². The SMILES string of the molecule is CCCCCCCCCCCC(CCCCC)C(=O)OCC(C)OC(=O)CCCCN(C)C. The maximum absolute atomic E-state index is 12.7. The molecule has 0 heterocycles. The third-order valence-corrected chi connectivity index (χ3v) is 6.17. The van der Waals surface area contributed by atoms with Gasteiger partial charge in [0.25, 0.3) is 0 Å². The number of esters is 2. The van der Waals surface area contributed by atoms with Gasteiger partial charge in [-0.2, -0.15) is 0 Å². The van der Waals surface area contributed by atoms with E-state index in [0.717, 1.165) is 57.9 Å². The lowest BCUT2D eigenvalue weighted by molar-refractivity contribution is -0.160. The molecule has 5 nitrogen and oxygen atoms in total. The van der Waals surface area contributed by atoms with Crippen LogP contribution in [0, 0.1) is 5.92 Å². The van der Waals surface area contributed by atoms with Crippen molar-refractivity contribution in [3.63, 3.8) is 0 Å². The molecule has 5 heteroatoms. The van der Waals surface area contributed by atoms with Gasteiger partial charge < -0.3 is 14.4 Å². The third-order valence-electron chi connectivity index (χ3n) is 6.17. The first-order valence-corrected chi connectivity index (χ1v) is 13.9. The summed E-state index contributed by atoms with van der Waals surface area (Å²) in [5.74, 6) is -0.332. The fourth-order valence-electron chi connectivity index (χ4n) is 4.05. The molecule has 0 aromatic rings. The van der Waals surface area contributed by atoms with Crippen LogP contribution < -0.4 is 0 Å². The molecule has 0 aliphatic carbocycles. The van der Waals surface area contributed by atoms with Crippen molar-refractivity contribution in [2.75, 3.05) is 27.2 Å². The summed E-state index contributed by atoms with van der Waals surface area (Å²) in [5, 5.41) is 0. The van der Waals surface area contributed by atoms with Crippen LogP contribution in [-0.4, -0.2) is 50.2 Å². The Kier molecular flexibility index (Phi) is 21.9. The third kappa shape index (κ3) is 21.2. The summed E-state index contributed by atoms with van der Waals surface area (Å²) >= 11 is 0. The average Bonchev–Trinajstić information content (AvgIpc) is 2.78. The maximum Gasteiger partial charge on any atom is 0.309 e. The molecule has 0 bridgehead atoms. The highest BCUT2D eigenvalue weighted by Crippen LogP contribution is 2.20. The van der Waals surface area contributed by atoms with Crippen LogP contribution >= 0.6 is 0 Å². The van der Waals surface area contributed by atoms with E-state index < -0.39 is 0 Å². The Labute approximate surface area is 205 Å². The Balaban J connectivity index is 4.14. The predicted octanol–water partition coefficient (Wildman–Crippen LogP) is 7.31. The van der Waals surface area contributed by atoms with Crippen LogP contribution in [0.25, 0.3) is 0 Å². The molecule has 2 unspecified atom stereocenters. The Hall–Kier alpha value is -1.10. The standard InChI is InChI=1S/C28H55NO4/c1-6-8-10-11-12-13-14-15-17-21-26(20-16-9-7-2)28(31)32-24-25(3)33-27(30)22-18-19-23-29(4)5/h25-26H,6-24H2,1-5H3. The summed E-state index contributed by atoms with van der Waals surface area (Å²) in [4.78, 5) is 26.8. The number of carbonyl (C=O) groups excluding carboxylic acids is 2. The van der Waals surface area contributed by atoms with Crippen LogP contribution in [0.15, 0.2) is 0 Å². The Morgan fingerprint density at radius 2 is 1.24 bits per heavy atom. The molecular weight excluding hydrogens is 414 g/mol. The number of nitrogens with zero attached hydrogens (tertiary/aromatic N) is 1. The predicted molar refractivity (Wildman–Crippen MR) is 138 cm³/mol. The molecule has 0 aliphatic heterocycles. The number of unbranched alkanes of at least 4 members (excludes halogenated alkanes) is 11. The Bertz CT molecular complexity index is 467. The van der Waals surface area contributed by atoms with Crippen molar-refractivity contribution < 1.29 is 19.1 Å². The lowest BCUT2D eigenvalue weighted by Crippen LogP contribution is -2.26. The highest BCUT2D eigenvalue weighted by molar-refractivity contribution is 5.72. The van der Waals surface area contributed by atoms with Gasteiger partial charge in [-0.3, -0.25) is 9.59 Å². The first-order valence-electron chi connectivity index (χ1n) is 13.9. The summed E-state index contributed by atoms with van der Waals surface area (Å²) in [5.41, 5.74) is 0. The van der Waals surface area contributed by atoms with Gasteiger partial charge in [-0.25, -0.2) is 0 Å². The first-order chi connectivity index (χ1) is 15.9. The molecule has 196 valence electrons. The van der Waals surface area contributed by atoms with Gasteiger partial charge in [-0.15, -0.1) is 0 Å². The molecule has 0 saturated carbocycles. The van der Waals surface area contributed by atoms with Crippen molar-refractivity contribution in [3.05, 3.63) is 0 Å². The van der Waals surface area contributed by atoms with E-state index >= 15 is 0 Å². The summed E-state index contributed by atoms with van der Waals surface area (Å²) < 4.78 is 11.0. The van der Waals surface area contributed by atoms with Crippen molar-refractivity contribution in [2.45, 2.75) is 136 Å². The molecule has 0 N–H and O–H groups in total. The van der Waals surface area contributed by atoms with Crippen molar-refractivity contribution in [1.29, 1.82) is 0 Å². The lowest BCUT2D eigenvalue weighted by atomic mass is 9.94. The van der Waals surface area contributed by atoms with Gasteiger partial charge in [0.1, 0.15) is 12.7 Å². The summed E-state index contributed by atoms with van der Waals surface area (Å²) in [6.45, 7) is 7.37. The largest absolute Gasteiger partial charge is 0.462 e. The minimum Gasteiger partial charge on any atom is -0.462 e. The lowest BCUT2D eigenvalue weighted by Gasteiger charge is -2.18. The van der Waals surface area contributed by atoms with E-state index in [0.29, 0.717) is 6.42 Å². The van der Waals surface area contributed by atoms with Crippen molar-refractivity contribution >= 4 is 11.9 Å². The number of hydrogen-bond acceptors (Lipinski definition) is 5. The van der Waals surface area contributed by atoms with E-state index in [2.05, 4.69) is 18.7 Å². The second-order valence-electron chi connectivity index (χ2n) is 10.0. The molecule has 0 amide bonds. The topological polar surface area (TPSA) is 55.8 Å². The maximum atomic E-state index is 12.7. The molecule has 0 saturated heterocycles. The molecule has 0 aliphatic rings. The second-order valence-corrected chi connectivity index (χ2v) is 10.0. The minimum absolute atomic E-state index is 0.0185. The van der Waals surface area contributed by atoms with Gasteiger partial charge in [0.15, 0.2) is 0 Å². The fraction of sp³-hybridized carbons (Fsp3) is 0.929. The van der Waals surface area contributed by atoms with Gasteiger partial charge in [-0.05, 0) is 53.2 Å². The van der Waals surface area contributed by atoms with E-state index in [-0.39, 0.29) is 30.6 Å². The summed E-state index contributed by atoms with van der Waals surface area (Å²) in [6, 6.07) is 0. The second kappa shape index (κ2) is 22.7. The molecule has 0 fully saturated rings. The summed E-state index contributed by atoms with van der Waals surface area (Å²) in [6.07, 6.45) is 18.6. The van der Waals surface area contributed by atoms with Crippen LogP contribution in [-0.2, 0) is 19.1 Å². The van der Waals surface area contributed by atoms with E-state index in [4.69, 9.17) is 9.47 Å². The minimum atomic E-state index is -0.390. The van der Waals surface area contributed by atoms with Crippen LogP contribution in [0.1, 0.15) is 130 Å². The van der Waals surface area contributed by atoms with Crippen molar-refractivity contribution in [1.82, 2.24) is 4.90 Å². The van der Waals surface area contributed by atoms with Crippen LogP contribution in [0.3, 0.4) is 0 Å². The average molecular weight is 470 g/mol. The number of carbonyl (C=O) groups is 2. The van der Waals surface area contributed by atoms with Crippen LogP contribution in [0.5, 0.6) is 0 Å². The van der Waals surface area contributed by atoms with E-state index in [1.165, 1.54) is 51.4 Å². The molecular formula is C28H55NO4. The number of rotatable bonds is 23. The zero-order valence-corrected chi connectivity index (χ0v) is 22.7. The molecule has 33 heavy (non-hydrogen) atoms. The van der Waals surface area contributed by atoms with Gasteiger partial charge in [-0.1, -0.05) is 90.9 Å². The molecule has 2 atom stereocenters. The van der Waals surface area contributed by atoms with E-state index in [1.807, 2.05) is 14.1 Å².